The van der Waals surface area contributed by atoms with Crippen LogP contribution in [0.4, 0.5) is 0 Å². The molecule has 1 N–H and O–H groups in total. The minimum absolute atomic E-state index is 0.133. The zero-order valence-electron chi connectivity index (χ0n) is 13.8. The second-order valence-corrected chi connectivity index (χ2v) is 7.07. The molecule has 0 radical (unpaired) electrons. The molecule has 26 heavy (non-hydrogen) atoms. The molecule has 0 saturated carbocycles. The van der Waals surface area contributed by atoms with Gasteiger partial charge in [0, 0.05) is 17.6 Å². The Morgan fingerprint density at radius 2 is 1.88 bits per heavy atom. The number of benzene rings is 2. The lowest BCUT2D eigenvalue weighted by atomic mass is 10.2. The van der Waals surface area contributed by atoms with Gasteiger partial charge in [-0.05, 0) is 36.4 Å². The first-order chi connectivity index (χ1) is 12.6. The van der Waals surface area contributed by atoms with Crippen LogP contribution in [0.1, 0.15) is 5.82 Å². The summed E-state index contributed by atoms with van der Waals surface area (Å²) in [4.78, 5) is 19.5. The fourth-order valence-electron chi connectivity index (χ4n) is 2.63. The lowest BCUT2D eigenvalue weighted by Gasteiger charge is -2.05. The SMILES string of the molecule is Cn1c(SCc2nc3ccccc3c(=O)[nH]2)nnc1-c1ccc(Cl)cc1. The van der Waals surface area contributed by atoms with Crippen LogP contribution in [0.15, 0.2) is 58.5 Å². The van der Waals surface area contributed by atoms with Gasteiger partial charge in [-0.25, -0.2) is 4.98 Å². The number of para-hydroxylation sites is 1. The van der Waals surface area contributed by atoms with Gasteiger partial charge >= 0.3 is 0 Å². The molecular weight excluding hydrogens is 370 g/mol. The zero-order chi connectivity index (χ0) is 18.1. The highest BCUT2D eigenvalue weighted by Crippen LogP contribution is 2.25. The molecule has 0 atom stereocenters. The fraction of sp³-hybridized carbons (Fsp3) is 0.111. The van der Waals surface area contributed by atoms with E-state index < -0.39 is 0 Å². The molecule has 8 heteroatoms. The maximum absolute atomic E-state index is 12.1. The van der Waals surface area contributed by atoms with Crippen LogP contribution < -0.4 is 5.56 Å². The van der Waals surface area contributed by atoms with Crippen LogP contribution in [0.3, 0.4) is 0 Å². The maximum Gasteiger partial charge on any atom is 0.258 e. The number of aromatic nitrogens is 5. The van der Waals surface area contributed by atoms with Crippen LogP contribution in [0.2, 0.25) is 5.02 Å². The first-order valence-corrected chi connectivity index (χ1v) is 9.24. The second-order valence-electron chi connectivity index (χ2n) is 5.69. The Bertz CT molecular complexity index is 1140. The lowest BCUT2D eigenvalue weighted by Crippen LogP contribution is -2.11. The molecule has 130 valence electrons. The van der Waals surface area contributed by atoms with E-state index in [0.29, 0.717) is 27.5 Å². The smallest absolute Gasteiger partial charge is 0.258 e. The van der Waals surface area contributed by atoms with Gasteiger partial charge in [0.25, 0.3) is 5.56 Å². The largest absolute Gasteiger partial charge is 0.309 e. The van der Waals surface area contributed by atoms with E-state index in [-0.39, 0.29) is 5.56 Å². The number of hydrogen-bond donors (Lipinski definition) is 1. The van der Waals surface area contributed by atoms with Crippen molar-refractivity contribution in [2.24, 2.45) is 7.05 Å². The highest BCUT2D eigenvalue weighted by molar-refractivity contribution is 7.98. The molecule has 2 aromatic carbocycles. The zero-order valence-corrected chi connectivity index (χ0v) is 15.4. The number of nitrogens with zero attached hydrogens (tertiary/aromatic N) is 4. The first kappa shape index (κ1) is 16.8. The lowest BCUT2D eigenvalue weighted by molar-refractivity contribution is 0.793. The van der Waals surface area contributed by atoms with E-state index in [2.05, 4.69) is 20.2 Å². The van der Waals surface area contributed by atoms with Crippen molar-refractivity contribution < 1.29 is 0 Å². The van der Waals surface area contributed by atoms with Crippen LogP contribution in [-0.2, 0) is 12.8 Å². The van der Waals surface area contributed by atoms with Crippen molar-refractivity contribution in [2.75, 3.05) is 0 Å². The Balaban J connectivity index is 1.57. The molecule has 2 aromatic heterocycles. The van der Waals surface area contributed by atoms with Crippen LogP contribution >= 0.6 is 23.4 Å². The number of aromatic amines is 1. The summed E-state index contributed by atoms with van der Waals surface area (Å²) in [5.74, 6) is 1.85. The van der Waals surface area contributed by atoms with Gasteiger partial charge in [0.15, 0.2) is 11.0 Å². The van der Waals surface area contributed by atoms with E-state index in [0.717, 1.165) is 16.5 Å². The van der Waals surface area contributed by atoms with Crippen LogP contribution in [0.5, 0.6) is 0 Å². The summed E-state index contributed by atoms with van der Waals surface area (Å²) in [5, 5.41) is 10.5. The molecule has 0 aliphatic heterocycles. The maximum atomic E-state index is 12.1. The molecule has 0 spiro atoms. The fourth-order valence-corrected chi connectivity index (χ4v) is 3.53. The normalized spacial score (nSPS) is 11.2. The van der Waals surface area contributed by atoms with Crippen molar-refractivity contribution in [3.63, 3.8) is 0 Å². The van der Waals surface area contributed by atoms with E-state index in [1.807, 2.05) is 54.1 Å². The van der Waals surface area contributed by atoms with Gasteiger partial charge in [0.1, 0.15) is 5.82 Å². The van der Waals surface area contributed by atoms with Crippen molar-refractivity contribution in [3.8, 4) is 11.4 Å². The number of fused-ring (bicyclic) bond motifs is 1. The summed E-state index contributed by atoms with van der Waals surface area (Å²) < 4.78 is 1.91. The number of rotatable bonds is 4. The minimum atomic E-state index is -0.133. The average Bonchev–Trinajstić information content (AvgIpc) is 3.01. The predicted molar refractivity (Wildman–Crippen MR) is 103 cm³/mol. The first-order valence-electron chi connectivity index (χ1n) is 7.88. The summed E-state index contributed by atoms with van der Waals surface area (Å²) in [6, 6.07) is 14.7. The summed E-state index contributed by atoms with van der Waals surface area (Å²) in [6.45, 7) is 0. The molecule has 4 rings (SSSR count). The monoisotopic (exact) mass is 383 g/mol. The number of thioether (sulfide) groups is 1. The molecule has 0 saturated heterocycles. The van der Waals surface area contributed by atoms with Crippen molar-refractivity contribution >= 4 is 34.3 Å². The van der Waals surface area contributed by atoms with E-state index >= 15 is 0 Å². The van der Waals surface area contributed by atoms with Crippen molar-refractivity contribution in [2.45, 2.75) is 10.9 Å². The van der Waals surface area contributed by atoms with Gasteiger partial charge in [0.2, 0.25) is 0 Å². The number of hydrogen-bond acceptors (Lipinski definition) is 5. The summed E-state index contributed by atoms with van der Waals surface area (Å²) in [5.41, 5.74) is 1.49. The van der Waals surface area contributed by atoms with Crippen LogP contribution in [0, 0.1) is 0 Å². The van der Waals surface area contributed by atoms with Crippen LogP contribution in [0.25, 0.3) is 22.3 Å². The Hall–Kier alpha value is -2.64. The van der Waals surface area contributed by atoms with Crippen molar-refractivity contribution in [3.05, 3.63) is 69.7 Å². The van der Waals surface area contributed by atoms with Gasteiger partial charge in [0.05, 0.1) is 16.7 Å². The second kappa shape index (κ2) is 6.93. The van der Waals surface area contributed by atoms with E-state index in [9.17, 15) is 4.79 Å². The Morgan fingerprint density at radius 1 is 1.12 bits per heavy atom. The van der Waals surface area contributed by atoms with Gasteiger partial charge in [-0.2, -0.15) is 0 Å². The van der Waals surface area contributed by atoms with E-state index in [1.165, 1.54) is 11.8 Å². The van der Waals surface area contributed by atoms with Crippen LogP contribution in [-0.4, -0.2) is 24.7 Å². The molecule has 4 aromatic rings. The number of H-pyrrole nitrogens is 1. The third kappa shape index (κ3) is 3.23. The quantitative estimate of drug-likeness (QED) is 0.544. The molecule has 0 bridgehead atoms. The molecule has 6 nitrogen and oxygen atoms in total. The van der Waals surface area contributed by atoms with Gasteiger partial charge in [-0.3, -0.25) is 4.79 Å². The number of nitrogens with one attached hydrogen (secondary N) is 1. The molecule has 0 aliphatic carbocycles. The third-order valence-corrected chi connectivity index (χ3v) is 5.22. The molecule has 0 fully saturated rings. The predicted octanol–water partition coefficient (Wildman–Crippen LogP) is 3.66. The standard InChI is InChI=1S/C18H14ClN5OS/c1-24-16(11-6-8-12(19)9-7-11)22-23-18(24)26-10-15-20-14-5-3-2-4-13(14)17(25)21-15/h2-9H,10H2,1H3,(H,20,21,25). The van der Waals surface area contributed by atoms with Gasteiger partial charge < -0.3 is 9.55 Å². The average molecular weight is 384 g/mol. The minimum Gasteiger partial charge on any atom is -0.309 e. The molecule has 0 amide bonds. The Kier molecular flexibility index (Phi) is 4.48. The molecular formula is C18H14ClN5OS. The molecule has 0 aliphatic rings. The van der Waals surface area contributed by atoms with Gasteiger partial charge in [-0.1, -0.05) is 35.5 Å². The molecule has 0 unspecified atom stereocenters. The summed E-state index contributed by atoms with van der Waals surface area (Å²) >= 11 is 7.40. The van der Waals surface area contributed by atoms with Crippen molar-refractivity contribution in [1.82, 2.24) is 24.7 Å². The molecule has 2 heterocycles. The van der Waals surface area contributed by atoms with Crippen molar-refractivity contribution in [1.29, 1.82) is 0 Å². The highest BCUT2D eigenvalue weighted by atomic mass is 35.5. The number of halogens is 1. The topological polar surface area (TPSA) is 76.5 Å². The highest BCUT2D eigenvalue weighted by Gasteiger charge is 2.12. The Morgan fingerprint density at radius 3 is 2.69 bits per heavy atom. The summed E-state index contributed by atoms with van der Waals surface area (Å²) in [6.07, 6.45) is 0. The summed E-state index contributed by atoms with van der Waals surface area (Å²) in [7, 11) is 1.91. The van der Waals surface area contributed by atoms with Gasteiger partial charge in [-0.15, -0.1) is 10.2 Å². The van der Waals surface area contributed by atoms with E-state index in [4.69, 9.17) is 11.6 Å². The van der Waals surface area contributed by atoms with E-state index in [1.54, 1.807) is 6.07 Å². The Labute approximate surface area is 158 Å². The third-order valence-electron chi connectivity index (χ3n) is 3.94.